The summed E-state index contributed by atoms with van der Waals surface area (Å²) in [5.41, 5.74) is 0. The fraction of sp³-hybridized carbons (Fsp3) is 0.917. The largest absolute Gasteiger partial charge is 0.466 e. The lowest BCUT2D eigenvalue weighted by Crippen LogP contribution is -2.36. The van der Waals surface area contributed by atoms with Crippen LogP contribution in [0.5, 0.6) is 0 Å². The van der Waals surface area contributed by atoms with E-state index in [0.29, 0.717) is 18.4 Å². The van der Waals surface area contributed by atoms with E-state index in [1.165, 1.54) is 0 Å². The molecule has 0 spiro atoms. The molecule has 0 radical (unpaired) electrons. The zero-order chi connectivity index (χ0) is 36.0. The van der Waals surface area contributed by atoms with Crippen LogP contribution in [0, 0.1) is 17.8 Å². The Morgan fingerprint density at radius 3 is 1.94 bits per heavy atom. The normalized spacial score (nSPS) is 16.9. The summed E-state index contributed by atoms with van der Waals surface area (Å²) in [6.07, 6.45) is 3.24. The van der Waals surface area contributed by atoms with Gasteiger partial charge >= 0.3 is 30.0 Å². The minimum atomic E-state index is -5.64. The van der Waals surface area contributed by atoms with Crippen LogP contribution in [0.15, 0.2) is 0 Å². The van der Waals surface area contributed by atoms with Gasteiger partial charge < -0.3 is 19.1 Å². The second-order valence-corrected chi connectivity index (χ2v) is 13.5. The highest BCUT2D eigenvalue weighted by Gasteiger charge is 2.56. The Morgan fingerprint density at radius 1 is 0.729 bits per heavy atom. The van der Waals surface area contributed by atoms with E-state index in [9.17, 15) is 36.3 Å². The predicted molar refractivity (Wildman–Crippen MR) is 176 cm³/mol. The molecule has 0 aromatic carbocycles. The topological polar surface area (TPSA) is 82.1 Å². The SMILES string of the molecule is CCCCC(CC)CC(COC(=O)CC(CC(=O)OCCCCC(F)(F)C(F)(F)F)OC(=O)CCN1CCCCC1)C(CC)CCCC. The molecule has 0 bridgehead atoms. The first kappa shape index (κ1) is 44.0. The Bertz CT molecular complexity index is 897. The number of hydrogen-bond acceptors (Lipinski definition) is 7. The van der Waals surface area contributed by atoms with E-state index in [2.05, 4.69) is 32.6 Å². The third kappa shape index (κ3) is 18.7. The van der Waals surface area contributed by atoms with E-state index in [1.54, 1.807) is 0 Å². The van der Waals surface area contributed by atoms with Gasteiger partial charge in [0.25, 0.3) is 0 Å². The van der Waals surface area contributed by atoms with Crippen molar-refractivity contribution in [1.29, 1.82) is 0 Å². The van der Waals surface area contributed by atoms with Crippen LogP contribution < -0.4 is 0 Å². The molecule has 0 aromatic rings. The van der Waals surface area contributed by atoms with E-state index < -0.39 is 55.4 Å². The quantitative estimate of drug-likeness (QED) is 0.0385. The van der Waals surface area contributed by atoms with Gasteiger partial charge in [0.1, 0.15) is 6.10 Å². The van der Waals surface area contributed by atoms with Crippen molar-refractivity contribution < 1.29 is 50.5 Å². The molecule has 1 saturated heterocycles. The molecule has 48 heavy (non-hydrogen) atoms. The molecule has 4 unspecified atom stereocenters. The summed E-state index contributed by atoms with van der Waals surface area (Å²) < 4.78 is 79.8. The third-order valence-electron chi connectivity index (χ3n) is 9.49. The van der Waals surface area contributed by atoms with Crippen molar-refractivity contribution in [3.8, 4) is 0 Å². The Labute approximate surface area is 285 Å². The van der Waals surface area contributed by atoms with Crippen LogP contribution >= 0.6 is 0 Å². The lowest BCUT2D eigenvalue weighted by molar-refractivity contribution is -0.284. The molecule has 0 N–H and O–H groups in total. The van der Waals surface area contributed by atoms with Gasteiger partial charge in [-0.2, -0.15) is 22.0 Å². The summed E-state index contributed by atoms with van der Waals surface area (Å²) >= 11 is 0. The number of carbonyl (C=O) groups is 3. The molecule has 4 atom stereocenters. The third-order valence-corrected chi connectivity index (χ3v) is 9.49. The van der Waals surface area contributed by atoms with Crippen molar-refractivity contribution in [3.05, 3.63) is 0 Å². The molecule has 282 valence electrons. The molecule has 12 heteroatoms. The standard InChI is InChI=1S/C36H62F5NO6/c1-5-9-16-28(7-3)24-30(29(8-4)17-10-6-2)27-47-34(45)26-31(48-32(43)18-22-42-20-13-11-14-21-42)25-33(44)46-23-15-12-19-35(37,38)36(39,40)41/h28-31H,5-27H2,1-4H3. The van der Waals surface area contributed by atoms with Crippen LogP contribution in [0.3, 0.4) is 0 Å². The highest BCUT2D eigenvalue weighted by Crippen LogP contribution is 2.39. The Hall–Kier alpha value is -1.98. The first-order valence-corrected chi connectivity index (χ1v) is 18.4. The van der Waals surface area contributed by atoms with Gasteiger partial charge in [-0.15, -0.1) is 0 Å². The molecular formula is C36H62F5NO6. The summed E-state index contributed by atoms with van der Waals surface area (Å²) in [5, 5.41) is 0. The molecule has 1 aliphatic heterocycles. The highest BCUT2D eigenvalue weighted by atomic mass is 19.4. The number of hydrogen-bond donors (Lipinski definition) is 0. The molecule has 0 amide bonds. The van der Waals surface area contributed by atoms with Gasteiger partial charge in [0.05, 0.1) is 32.5 Å². The smallest absolute Gasteiger partial charge is 0.453 e. The van der Waals surface area contributed by atoms with Crippen LogP contribution in [0.1, 0.15) is 143 Å². The monoisotopic (exact) mass is 699 g/mol. The zero-order valence-corrected chi connectivity index (χ0v) is 29.9. The summed E-state index contributed by atoms with van der Waals surface area (Å²) in [6.45, 7) is 10.8. The number of likely N-dealkylation sites (tertiary alicyclic amines) is 1. The van der Waals surface area contributed by atoms with E-state index in [0.717, 1.165) is 90.1 Å². The number of piperidine rings is 1. The first-order chi connectivity index (χ1) is 22.8. The van der Waals surface area contributed by atoms with Crippen molar-refractivity contribution >= 4 is 17.9 Å². The number of halogens is 5. The Kier molecular flexibility index (Phi) is 22.2. The maximum atomic E-state index is 13.1. The summed E-state index contributed by atoms with van der Waals surface area (Å²) in [6, 6.07) is 0. The molecule has 1 heterocycles. The molecule has 1 aliphatic rings. The minimum Gasteiger partial charge on any atom is -0.466 e. The average molecular weight is 700 g/mol. The number of alkyl halides is 5. The fourth-order valence-corrected chi connectivity index (χ4v) is 6.34. The molecule has 0 aliphatic carbocycles. The number of rotatable bonds is 26. The van der Waals surface area contributed by atoms with Crippen molar-refractivity contribution in [2.45, 2.75) is 161 Å². The van der Waals surface area contributed by atoms with Crippen LogP contribution in [-0.4, -0.2) is 73.9 Å². The van der Waals surface area contributed by atoms with Gasteiger partial charge in [-0.05, 0) is 62.9 Å². The molecule has 1 rings (SSSR count). The van der Waals surface area contributed by atoms with E-state index in [-0.39, 0.29) is 38.4 Å². The van der Waals surface area contributed by atoms with Crippen LogP contribution in [0.2, 0.25) is 0 Å². The summed E-state index contributed by atoms with van der Waals surface area (Å²) in [4.78, 5) is 40.6. The minimum absolute atomic E-state index is 0.0852. The van der Waals surface area contributed by atoms with Crippen molar-refractivity contribution in [1.82, 2.24) is 4.90 Å². The summed E-state index contributed by atoms with van der Waals surface area (Å²) in [5.74, 6) is -5.69. The molecule has 0 saturated carbocycles. The van der Waals surface area contributed by atoms with Gasteiger partial charge in [-0.3, -0.25) is 14.4 Å². The fourth-order valence-electron chi connectivity index (χ4n) is 6.34. The lowest BCUT2D eigenvalue weighted by atomic mass is 9.79. The average Bonchev–Trinajstić information content (AvgIpc) is 3.04. The van der Waals surface area contributed by atoms with Crippen molar-refractivity contribution in [3.63, 3.8) is 0 Å². The van der Waals surface area contributed by atoms with Gasteiger partial charge in [-0.25, -0.2) is 0 Å². The molecular weight excluding hydrogens is 637 g/mol. The van der Waals surface area contributed by atoms with Gasteiger partial charge in [0.15, 0.2) is 0 Å². The summed E-state index contributed by atoms with van der Waals surface area (Å²) in [7, 11) is 0. The second kappa shape index (κ2) is 24.2. The Morgan fingerprint density at radius 2 is 1.35 bits per heavy atom. The lowest BCUT2D eigenvalue weighted by Gasteiger charge is -2.30. The van der Waals surface area contributed by atoms with Gasteiger partial charge in [0, 0.05) is 13.0 Å². The first-order valence-electron chi connectivity index (χ1n) is 18.4. The predicted octanol–water partition coefficient (Wildman–Crippen LogP) is 9.45. The second-order valence-electron chi connectivity index (χ2n) is 13.5. The number of nitrogens with zero attached hydrogens (tertiary/aromatic N) is 1. The molecule has 7 nitrogen and oxygen atoms in total. The van der Waals surface area contributed by atoms with Crippen LogP contribution in [0.25, 0.3) is 0 Å². The maximum Gasteiger partial charge on any atom is 0.453 e. The Balaban J connectivity index is 2.83. The number of ether oxygens (including phenoxy) is 3. The number of carbonyl (C=O) groups excluding carboxylic acids is 3. The van der Waals surface area contributed by atoms with Crippen molar-refractivity contribution in [2.75, 3.05) is 32.8 Å². The van der Waals surface area contributed by atoms with E-state index in [4.69, 9.17) is 14.2 Å². The van der Waals surface area contributed by atoms with Gasteiger partial charge in [-0.1, -0.05) is 85.5 Å². The number of unbranched alkanes of at least 4 members (excludes halogenated alkanes) is 3. The zero-order valence-electron chi connectivity index (χ0n) is 29.9. The molecule has 0 aromatic heterocycles. The number of esters is 3. The maximum absolute atomic E-state index is 13.1. The molecule has 1 fully saturated rings. The van der Waals surface area contributed by atoms with E-state index >= 15 is 0 Å². The van der Waals surface area contributed by atoms with Crippen LogP contribution in [-0.2, 0) is 28.6 Å². The van der Waals surface area contributed by atoms with E-state index in [1.807, 2.05) is 0 Å². The highest BCUT2D eigenvalue weighted by molar-refractivity contribution is 5.76. The van der Waals surface area contributed by atoms with Crippen molar-refractivity contribution in [2.24, 2.45) is 17.8 Å². The van der Waals surface area contributed by atoms with Gasteiger partial charge in [0.2, 0.25) is 0 Å². The van der Waals surface area contributed by atoms with Crippen LogP contribution in [0.4, 0.5) is 22.0 Å².